The van der Waals surface area contributed by atoms with Gasteiger partial charge in [-0.3, -0.25) is 5.01 Å². The Balaban J connectivity index is 1.71. The summed E-state index contributed by atoms with van der Waals surface area (Å²) >= 11 is 0. The molecular formula is C30H38N2O3. The lowest BCUT2D eigenvalue weighted by atomic mass is 9.80. The van der Waals surface area contributed by atoms with Crippen LogP contribution in [0.15, 0.2) is 91.0 Å². The van der Waals surface area contributed by atoms with Gasteiger partial charge in [-0.25, -0.2) is 5.43 Å². The van der Waals surface area contributed by atoms with Crippen molar-refractivity contribution in [3.8, 4) is 0 Å². The molecule has 3 aromatic rings. The van der Waals surface area contributed by atoms with E-state index in [0.717, 1.165) is 36.0 Å². The number of benzene rings is 3. The lowest BCUT2D eigenvalue weighted by molar-refractivity contribution is -0.313. The lowest BCUT2D eigenvalue weighted by Gasteiger charge is -2.42. The molecule has 3 aromatic carbocycles. The van der Waals surface area contributed by atoms with Crippen LogP contribution < -0.4 is 5.43 Å². The molecule has 0 radical (unpaired) electrons. The van der Waals surface area contributed by atoms with Crippen LogP contribution in [0.3, 0.4) is 0 Å². The van der Waals surface area contributed by atoms with Gasteiger partial charge < -0.3 is 14.2 Å². The smallest absolute Gasteiger partial charge is 0.177 e. The predicted octanol–water partition coefficient (Wildman–Crippen LogP) is 5.71. The van der Waals surface area contributed by atoms with Crippen molar-refractivity contribution in [2.75, 3.05) is 20.7 Å². The molecule has 5 heteroatoms. The monoisotopic (exact) mass is 474 g/mol. The van der Waals surface area contributed by atoms with E-state index in [-0.39, 0.29) is 12.3 Å². The number of hydrogen-bond acceptors (Lipinski definition) is 5. The van der Waals surface area contributed by atoms with Gasteiger partial charge in [-0.1, -0.05) is 111 Å². The first-order chi connectivity index (χ1) is 17.1. The number of ether oxygens (including phenoxy) is 3. The van der Waals surface area contributed by atoms with Crippen LogP contribution >= 0.6 is 0 Å². The Kier molecular flexibility index (Phi) is 9.07. The molecule has 1 saturated heterocycles. The van der Waals surface area contributed by atoms with Gasteiger partial charge in [0.1, 0.15) is 5.60 Å². The summed E-state index contributed by atoms with van der Waals surface area (Å²) in [4.78, 5) is 0. The molecule has 0 bridgehead atoms. The van der Waals surface area contributed by atoms with E-state index in [0.29, 0.717) is 13.0 Å². The number of unbranched alkanes of at least 4 members (excludes halogenated alkanes) is 1. The molecule has 1 aliphatic heterocycles. The van der Waals surface area contributed by atoms with E-state index in [2.05, 4.69) is 85.1 Å². The third kappa shape index (κ3) is 6.18. The van der Waals surface area contributed by atoms with E-state index >= 15 is 0 Å². The molecule has 186 valence electrons. The first-order valence-electron chi connectivity index (χ1n) is 12.7. The number of nitrogens with one attached hydrogen (secondary N) is 1. The van der Waals surface area contributed by atoms with Crippen molar-refractivity contribution >= 4 is 0 Å². The fourth-order valence-electron chi connectivity index (χ4n) is 4.77. The van der Waals surface area contributed by atoms with Crippen LogP contribution in [-0.4, -0.2) is 44.3 Å². The molecule has 0 spiro atoms. The average molecular weight is 475 g/mol. The van der Waals surface area contributed by atoms with Gasteiger partial charge in [0.15, 0.2) is 12.6 Å². The van der Waals surface area contributed by atoms with Crippen LogP contribution in [0.2, 0.25) is 0 Å². The number of hydrazine groups is 1. The van der Waals surface area contributed by atoms with Crippen molar-refractivity contribution in [3.05, 3.63) is 108 Å². The van der Waals surface area contributed by atoms with Gasteiger partial charge in [0.25, 0.3) is 0 Å². The first-order valence-corrected chi connectivity index (χ1v) is 12.7. The predicted molar refractivity (Wildman–Crippen MR) is 140 cm³/mol. The van der Waals surface area contributed by atoms with E-state index < -0.39 is 11.9 Å². The van der Waals surface area contributed by atoms with Crippen LogP contribution in [0.4, 0.5) is 0 Å². The number of hydrogen-bond donors (Lipinski definition) is 1. The van der Waals surface area contributed by atoms with Gasteiger partial charge in [0.05, 0.1) is 12.6 Å². The van der Waals surface area contributed by atoms with E-state index in [4.69, 9.17) is 14.2 Å². The fraction of sp³-hybridized carbons (Fsp3) is 0.400. The molecule has 0 aliphatic carbocycles. The van der Waals surface area contributed by atoms with E-state index in [1.54, 1.807) is 0 Å². The first kappa shape index (κ1) is 25.5. The summed E-state index contributed by atoms with van der Waals surface area (Å²) in [5.41, 5.74) is 5.88. The second-order valence-electron chi connectivity index (χ2n) is 9.26. The molecule has 1 heterocycles. The molecule has 0 unspecified atom stereocenters. The Morgan fingerprint density at radius 3 is 1.86 bits per heavy atom. The largest absolute Gasteiger partial charge is 0.351 e. The highest BCUT2D eigenvalue weighted by atomic mass is 16.8. The third-order valence-electron chi connectivity index (χ3n) is 6.39. The van der Waals surface area contributed by atoms with Gasteiger partial charge in [-0.2, -0.15) is 0 Å². The van der Waals surface area contributed by atoms with Gasteiger partial charge in [-0.15, -0.1) is 0 Å². The summed E-state index contributed by atoms with van der Waals surface area (Å²) in [6.45, 7) is 2.79. The highest BCUT2D eigenvalue weighted by Crippen LogP contribution is 2.42. The van der Waals surface area contributed by atoms with Crippen LogP contribution in [0, 0.1) is 0 Å². The van der Waals surface area contributed by atoms with E-state index in [1.165, 1.54) is 0 Å². The molecule has 0 aromatic heterocycles. The highest BCUT2D eigenvalue weighted by molar-refractivity contribution is 5.47. The average Bonchev–Trinajstić information content (AvgIpc) is 2.91. The molecule has 4 rings (SSSR count). The quantitative estimate of drug-likeness (QED) is 0.285. The molecule has 1 N–H and O–H groups in total. The van der Waals surface area contributed by atoms with Gasteiger partial charge >= 0.3 is 0 Å². The second kappa shape index (κ2) is 12.4. The molecule has 0 saturated carbocycles. The van der Waals surface area contributed by atoms with Crippen LogP contribution in [0.1, 0.15) is 49.3 Å². The van der Waals surface area contributed by atoms with Crippen LogP contribution in [0.25, 0.3) is 0 Å². The summed E-state index contributed by atoms with van der Waals surface area (Å²) in [6, 6.07) is 31.4. The number of rotatable bonds is 11. The van der Waals surface area contributed by atoms with Crippen molar-refractivity contribution in [2.24, 2.45) is 0 Å². The minimum absolute atomic E-state index is 0.0518. The zero-order valence-electron chi connectivity index (χ0n) is 21.1. The summed E-state index contributed by atoms with van der Waals surface area (Å²) < 4.78 is 19.7. The number of nitrogens with zero attached hydrogens (tertiary/aromatic N) is 1. The van der Waals surface area contributed by atoms with Crippen LogP contribution in [-0.2, 0) is 19.8 Å². The Labute approximate surface area is 210 Å². The molecule has 5 nitrogen and oxygen atoms in total. The lowest BCUT2D eigenvalue weighted by Crippen LogP contribution is -2.52. The molecule has 1 fully saturated rings. The van der Waals surface area contributed by atoms with Crippen molar-refractivity contribution in [1.29, 1.82) is 0 Å². The van der Waals surface area contributed by atoms with Crippen molar-refractivity contribution < 1.29 is 14.2 Å². The van der Waals surface area contributed by atoms with E-state index in [9.17, 15) is 0 Å². The maximum atomic E-state index is 7.08. The second-order valence-corrected chi connectivity index (χ2v) is 9.26. The van der Waals surface area contributed by atoms with Gasteiger partial charge in [0, 0.05) is 20.5 Å². The zero-order chi connectivity index (χ0) is 24.5. The zero-order valence-corrected chi connectivity index (χ0v) is 21.1. The van der Waals surface area contributed by atoms with Crippen molar-refractivity contribution in [3.63, 3.8) is 0 Å². The molecule has 35 heavy (non-hydrogen) atoms. The Hall–Kier alpha value is -2.54. The normalized spacial score (nSPS) is 19.5. The molecule has 3 atom stereocenters. The maximum Gasteiger partial charge on any atom is 0.177 e. The van der Waals surface area contributed by atoms with Crippen molar-refractivity contribution in [2.45, 2.75) is 56.8 Å². The minimum Gasteiger partial charge on any atom is -0.351 e. The fourth-order valence-corrected chi connectivity index (χ4v) is 4.77. The molecule has 0 amide bonds. The highest BCUT2D eigenvalue weighted by Gasteiger charge is 2.42. The Morgan fingerprint density at radius 2 is 1.40 bits per heavy atom. The molecular weight excluding hydrogens is 436 g/mol. The summed E-state index contributed by atoms with van der Waals surface area (Å²) in [5.74, 6) is 0. The SMILES string of the molecule is CCCC[C@H](NN(C)C)[C@H]1OCC[C@@H](OC(c2ccccc2)(c2ccccc2)c2ccccc2)O1. The third-order valence-corrected chi connectivity index (χ3v) is 6.39. The summed E-state index contributed by atoms with van der Waals surface area (Å²) in [7, 11) is 4.00. The summed E-state index contributed by atoms with van der Waals surface area (Å²) in [6.07, 6.45) is 3.03. The summed E-state index contributed by atoms with van der Waals surface area (Å²) in [5, 5.41) is 1.97. The maximum absolute atomic E-state index is 7.08. The van der Waals surface area contributed by atoms with E-state index in [1.807, 2.05) is 37.3 Å². The minimum atomic E-state index is -0.815. The topological polar surface area (TPSA) is 43.0 Å². The van der Waals surface area contributed by atoms with Crippen molar-refractivity contribution in [1.82, 2.24) is 10.4 Å². The van der Waals surface area contributed by atoms with Gasteiger partial charge in [0.2, 0.25) is 0 Å². The van der Waals surface area contributed by atoms with Crippen LogP contribution in [0.5, 0.6) is 0 Å². The Morgan fingerprint density at radius 1 is 0.886 bits per heavy atom. The molecule has 1 aliphatic rings. The Bertz CT molecular complexity index is 901. The standard InChI is InChI=1S/C30H38N2O3/c1-4-5-21-27(31-32(2)3)29-33-23-22-28(34-29)35-30(24-15-9-6-10-16-24,25-17-11-7-12-18-25)26-19-13-8-14-20-26/h6-20,27-29,31H,4-5,21-23H2,1-3H3/t27-,28+,29-/m0/s1. The van der Waals surface area contributed by atoms with Gasteiger partial charge in [-0.05, 0) is 23.1 Å².